The summed E-state index contributed by atoms with van der Waals surface area (Å²) in [6.45, 7) is 3.92. The van der Waals surface area contributed by atoms with Gasteiger partial charge in [0.15, 0.2) is 0 Å². The molecule has 2 aliphatic rings. The van der Waals surface area contributed by atoms with Crippen molar-refractivity contribution >= 4 is 11.8 Å². The molecule has 14 heavy (non-hydrogen) atoms. The van der Waals surface area contributed by atoms with Crippen LogP contribution in [0.2, 0.25) is 0 Å². The molecular formula is C11H22N2S. The highest BCUT2D eigenvalue weighted by molar-refractivity contribution is 8.00. The molecule has 1 saturated carbocycles. The van der Waals surface area contributed by atoms with Crippen LogP contribution in [-0.2, 0) is 0 Å². The number of thioether (sulfide) groups is 1. The maximum atomic E-state index is 3.38. The van der Waals surface area contributed by atoms with E-state index in [9.17, 15) is 0 Å². The molecule has 0 spiro atoms. The van der Waals surface area contributed by atoms with Crippen LogP contribution >= 0.6 is 11.8 Å². The second-order valence-corrected chi connectivity index (χ2v) is 5.88. The minimum Gasteiger partial charge on any atom is -0.317 e. The lowest BCUT2D eigenvalue weighted by Gasteiger charge is -2.31. The fourth-order valence-electron chi connectivity index (χ4n) is 2.03. The normalized spacial score (nSPS) is 25.5. The average molecular weight is 214 g/mol. The Hall–Kier alpha value is 0.270. The van der Waals surface area contributed by atoms with Gasteiger partial charge in [0.05, 0.1) is 0 Å². The molecule has 0 radical (unpaired) electrons. The molecule has 1 aliphatic carbocycles. The average Bonchev–Trinajstić information content (AvgIpc) is 3.03. The number of nitrogens with zero attached hydrogens (tertiary/aromatic N) is 1. The molecular weight excluding hydrogens is 192 g/mol. The predicted molar refractivity (Wildman–Crippen MR) is 64.0 cm³/mol. The Bertz CT molecular complexity index is 163. The van der Waals surface area contributed by atoms with Gasteiger partial charge >= 0.3 is 0 Å². The zero-order valence-electron chi connectivity index (χ0n) is 9.17. The van der Waals surface area contributed by atoms with Gasteiger partial charge in [-0.15, -0.1) is 0 Å². The number of hydrogen-bond acceptors (Lipinski definition) is 3. The lowest BCUT2D eigenvalue weighted by Crippen LogP contribution is -2.41. The van der Waals surface area contributed by atoms with Crippen LogP contribution in [-0.4, -0.2) is 48.6 Å². The van der Waals surface area contributed by atoms with Crippen molar-refractivity contribution in [3.8, 4) is 0 Å². The number of nitrogens with one attached hydrogen (secondary N) is 1. The summed E-state index contributed by atoms with van der Waals surface area (Å²) in [6, 6.07) is 0.780. The largest absolute Gasteiger partial charge is 0.317 e. The van der Waals surface area contributed by atoms with Crippen LogP contribution < -0.4 is 5.32 Å². The van der Waals surface area contributed by atoms with E-state index in [1.807, 2.05) is 0 Å². The van der Waals surface area contributed by atoms with Gasteiger partial charge in [-0.3, -0.25) is 0 Å². The third kappa shape index (κ3) is 3.44. The van der Waals surface area contributed by atoms with Gasteiger partial charge in [0, 0.05) is 23.6 Å². The summed E-state index contributed by atoms with van der Waals surface area (Å²) in [5.74, 6) is 1.36. The lowest BCUT2D eigenvalue weighted by molar-refractivity contribution is 0.212. The molecule has 82 valence electrons. The monoisotopic (exact) mass is 214 g/mol. The highest BCUT2D eigenvalue weighted by Crippen LogP contribution is 2.33. The van der Waals surface area contributed by atoms with Crippen molar-refractivity contribution in [2.24, 2.45) is 0 Å². The smallest absolute Gasteiger partial charge is 0.00884 e. The van der Waals surface area contributed by atoms with Gasteiger partial charge in [-0.05, 0) is 45.8 Å². The molecule has 0 unspecified atom stereocenters. The molecule has 1 saturated heterocycles. The first-order valence-electron chi connectivity index (χ1n) is 5.89. The first kappa shape index (κ1) is 10.8. The third-order valence-corrected chi connectivity index (χ3v) is 4.64. The molecule has 0 aromatic rings. The van der Waals surface area contributed by atoms with Crippen molar-refractivity contribution in [3.63, 3.8) is 0 Å². The summed E-state index contributed by atoms with van der Waals surface area (Å²) < 4.78 is 0. The molecule has 0 aromatic carbocycles. The molecule has 2 rings (SSSR count). The van der Waals surface area contributed by atoms with Crippen molar-refractivity contribution in [1.82, 2.24) is 10.2 Å². The standard InChI is InChI=1S/C11H22N2S/c1-12-10-4-6-13(7-5-10)8-9-14-11-2-3-11/h10-12H,2-9H2,1H3. The van der Waals surface area contributed by atoms with Crippen LogP contribution in [0.25, 0.3) is 0 Å². The molecule has 0 atom stereocenters. The van der Waals surface area contributed by atoms with Crippen LogP contribution in [0.3, 0.4) is 0 Å². The van der Waals surface area contributed by atoms with E-state index in [4.69, 9.17) is 0 Å². The van der Waals surface area contributed by atoms with Crippen molar-refractivity contribution in [2.75, 3.05) is 32.4 Å². The molecule has 1 heterocycles. The Balaban J connectivity index is 1.53. The lowest BCUT2D eigenvalue weighted by atomic mass is 10.1. The minimum atomic E-state index is 0.780. The first-order chi connectivity index (χ1) is 6.88. The SMILES string of the molecule is CNC1CCN(CCSC2CC2)CC1. The van der Waals surface area contributed by atoms with E-state index in [-0.39, 0.29) is 0 Å². The second-order valence-electron chi connectivity index (χ2n) is 4.47. The molecule has 0 amide bonds. The number of likely N-dealkylation sites (tertiary alicyclic amines) is 1. The van der Waals surface area contributed by atoms with E-state index < -0.39 is 0 Å². The summed E-state index contributed by atoms with van der Waals surface area (Å²) in [6.07, 6.45) is 5.63. The van der Waals surface area contributed by atoms with E-state index in [0.717, 1.165) is 11.3 Å². The first-order valence-corrected chi connectivity index (χ1v) is 6.94. The summed E-state index contributed by atoms with van der Waals surface area (Å²) in [5, 5.41) is 4.41. The van der Waals surface area contributed by atoms with Crippen LogP contribution in [0.4, 0.5) is 0 Å². The quantitative estimate of drug-likeness (QED) is 0.748. The molecule has 0 bridgehead atoms. The van der Waals surface area contributed by atoms with Crippen LogP contribution in [0.15, 0.2) is 0 Å². The van der Waals surface area contributed by atoms with E-state index >= 15 is 0 Å². The molecule has 1 N–H and O–H groups in total. The van der Waals surface area contributed by atoms with E-state index in [1.165, 1.54) is 51.1 Å². The summed E-state index contributed by atoms with van der Waals surface area (Å²) in [4.78, 5) is 2.63. The maximum Gasteiger partial charge on any atom is 0.00884 e. The topological polar surface area (TPSA) is 15.3 Å². The Morgan fingerprint density at radius 2 is 1.93 bits per heavy atom. The van der Waals surface area contributed by atoms with E-state index in [0.29, 0.717) is 0 Å². The summed E-state index contributed by atoms with van der Waals surface area (Å²) in [5.41, 5.74) is 0. The predicted octanol–water partition coefficient (Wildman–Crippen LogP) is 1.57. The molecule has 1 aliphatic heterocycles. The summed E-state index contributed by atoms with van der Waals surface area (Å²) >= 11 is 2.19. The molecule has 2 nitrogen and oxygen atoms in total. The fraction of sp³-hybridized carbons (Fsp3) is 1.00. The summed E-state index contributed by atoms with van der Waals surface area (Å²) in [7, 11) is 2.09. The highest BCUT2D eigenvalue weighted by atomic mass is 32.2. The highest BCUT2D eigenvalue weighted by Gasteiger charge is 2.22. The van der Waals surface area contributed by atoms with Crippen molar-refractivity contribution < 1.29 is 0 Å². The van der Waals surface area contributed by atoms with E-state index in [2.05, 4.69) is 29.0 Å². The third-order valence-electron chi connectivity index (χ3n) is 3.28. The van der Waals surface area contributed by atoms with Gasteiger partial charge in [0.1, 0.15) is 0 Å². The Kier molecular flexibility index (Phi) is 4.14. The van der Waals surface area contributed by atoms with E-state index in [1.54, 1.807) is 0 Å². The maximum absolute atomic E-state index is 3.38. The van der Waals surface area contributed by atoms with Gasteiger partial charge < -0.3 is 10.2 Å². The number of rotatable bonds is 5. The van der Waals surface area contributed by atoms with Crippen LogP contribution in [0.1, 0.15) is 25.7 Å². The van der Waals surface area contributed by atoms with Gasteiger partial charge in [0.25, 0.3) is 0 Å². The molecule has 2 fully saturated rings. The van der Waals surface area contributed by atoms with Crippen molar-refractivity contribution in [2.45, 2.75) is 37.0 Å². The Morgan fingerprint density at radius 1 is 1.21 bits per heavy atom. The van der Waals surface area contributed by atoms with Gasteiger partial charge in [-0.2, -0.15) is 11.8 Å². The van der Waals surface area contributed by atoms with Crippen molar-refractivity contribution in [1.29, 1.82) is 0 Å². The van der Waals surface area contributed by atoms with Crippen LogP contribution in [0, 0.1) is 0 Å². The van der Waals surface area contributed by atoms with Gasteiger partial charge in [-0.1, -0.05) is 0 Å². The Morgan fingerprint density at radius 3 is 2.50 bits per heavy atom. The second kappa shape index (κ2) is 5.38. The zero-order chi connectivity index (χ0) is 9.80. The fourth-order valence-corrected chi connectivity index (χ4v) is 3.19. The Labute approximate surface area is 91.8 Å². The molecule has 3 heteroatoms. The molecule has 0 aromatic heterocycles. The number of piperidine rings is 1. The van der Waals surface area contributed by atoms with Crippen molar-refractivity contribution in [3.05, 3.63) is 0 Å². The number of hydrogen-bond donors (Lipinski definition) is 1. The zero-order valence-corrected chi connectivity index (χ0v) is 9.98. The van der Waals surface area contributed by atoms with Gasteiger partial charge in [-0.25, -0.2) is 0 Å². The van der Waals surface area contributed by atoms with Crippen LogP contribution in [0.5, 0.6) is 0 Å². The minimum absolute atomic E-state index is 0.780. The van der Waals surface area contributed by atoms with Gasteiger partial charge in [0.2, 0.25) is 0 Å².